The minimum Gasteiger partial charge on any atom is -0.394 e. The molecule has 0 aromatic heterocycles. The predicted octanol–water partition coefficient (Wildman–Crippen LogP) is 4.74. The van der Waals surface area contributed by atoms with Crippen LogP contribution in [0.15, 0.2) is 48.5 Å². The van der Waals surface area contributed by atoms with Gasteiger partial charge in [-0.1, -0.05) is 73.4 Å². The molecule has 23 heavy (non-hydrogen) atoms. The largest absolute Gasteiger partial charge is 0.394 e. The molecule has 1 aliphatic carbocycles. The zero-order valence-corrected chi connectivity index (χ0v) is 14.8. The highest BCUT2D eigenvalue weighted by atomic mass is 35.5. The predicted molar refractivity (Wildman–Crippen MR) is 96.0 cm³/mol. The summed E-state index contributed by atoms with van der Waals surface area (Å²) in [4.78, 5) is -0.716. The van der Waals surface area contributed by atoms with Gasteiger partial charge in [-0.25, -0.2) is 0 Å². The lowest BCUT2D eigenvalue weighted by Crippen LogP contribution is -2.40. The molecule has 0 fully saturated rings. The van der Waals surface area contributed by atoms with Crippen molar-refractivity contribution in [3.05, 3.63) is 70.2 Å². The Kier molecular flexibility index (Phi) is 4.45. The minimum absolute atomic E-state index is 0.0121. The fourth-order valence-electron chi connectivity index (χ4n) is 3.55. The standard InChI is InChI=1S/C19H21Cl2NO/c1-18(2)12-19(21,15-9-8-14(20)10-16(15)18)22-17(11-23)13-6-4-3-5-7-13/h3-10,17,22-23H,11-12H2,1-2H3/t17-,19+/m0/s1. The molecule has 2 aromatic rings. The van der Waals surface area contributed by atoms with Gasteiger partial charge in [-0.05, 0) is 40.7 Å². The lowest BCUT2D eigenvalue weighted by atomic mass is 9.86. The zero-order chi connectivity index (χ0) is 16.7. The van der Waals surface area contributed by atoms with Crippen LogP contribution in [0, 0.1) is 0 Å². The fraction of sp³-hybridized carbons (Fsp3) is 0.368. The summed E-state index contributed by atoms with van der Waals surface area (Å²) in [6, 6.07) is 15.5. The first-order valence-corrected chi connectivity index (χ1v) is 8.54. The summed E-state index contributed by atoms with van der Waals surface area (Å²) in [7, 11) is 0. The Hall–Kier alpha value is -1.06. The molecule has 0 aliphatic heterocycles. The van der Waals surface area contributed by atoms with Gasteiger partial charge in [0.1, 0.15) is 5.00 Å². The Labute approximate surface area is 147 Å². The van der Waals surface area contributed by atoms with Gasteiger partial charge >= 0.3 is 0 Å². The van der Waals surface area contributed by atoms with Gasteiger partial charge in [-0.2, -0.15) is 0 Å². The van der Waals surface area contributed by atoms with Crippen molar-refractivity contribution >= 4 is 23.2 Å². The Balaban J connectivity index is 1.97. The molecule has 0 bridgehead atoms. The van der Waals surface area contributed by atoms with Crippen LogP contribution < -0.4 is 5.32 Å². The van der Waals surface area contributed by atoms with E-state index in [0.29, 0.717) is 0 Å². The van der Waals surface area contributed by atoms with Crippen LogP contribution in [0.4, 0.5) is 0 Å². The molecule has 1 aliphatic rings. The molecule has 2 N–H and O–H groups in total. The van der Waals surface area contributed by atoms with Crippen LogP contribution in [0.2, 0.25) is 5.02 Å². The molecule has 2 atom stereocenters. The van der Waals surface area contributed by atoms with E-state index in [9.17, 15) is 5.11 Å². The molecule has 0 amide bonds. The second-order valence-corrected chi connectivity index (χ2v) is 7.92. The average molecular weight is 350 g/mol. The fourth-order valence-corrected chi connectivity index (χ4v) is 4.35. The van der Waals surface area contributed by atoms with Crippen LogP contribution in [0.3, 0.4) is 0 Å². The maximum Gasteiger partial charge on any atom is 0.121 e. The molecule has 0 saturated carbocycles. The number of hydrogen-bond donors (Lipinski definition) is 2. The molecule has 2 aromatic carbocycles. The number of aliphatic hydroxyl groups excluding tert-OH is 1. The van der Waals surface area contributed by atoms with Crippen LogP contribution in [0.25, 0.3) is 0 Å². The molecule has 0 spiro atoms. The summed E-state index contributed by atoms with van der Waals surface area (Å²) in [6.07, 6.45) is 0.737. The van der Waals surface area contributed by atoms with Crippen LogP contribution >= 0.6 is 23.2 Å². The Morgan fingerprint density at radius 3 is 2.48 bits per heavy atom. The molecule has 4 heteroatoms. The average Bonchev–Trinajstić information content (AvgIpc) is 2.72. The summed E-state index contributed by atoms with van der Waals surface area (Å²) in [6.45, 7) is 4.33. The Bertz CT molecular complexity index is 702. The van der Waals surface area contributed by atoms with E-state index in [0.717, 1.165) is 28.1 Å². The second-order valence-electron chi connectivity index (χ2n) is 6.84. The van der Waals surface area contributed by atoms with Gasteiger partial charge < -0.3 is 5.11 Å². The van der Waals surface area contributed by atoms with E-state index >= 15 is 0 Å². The van der Waals surface area contributed by atoms with Crippen LogP contribution in [0.5, 0.6) is 0 Å². The SMILES string of the molecule is CC1(C)C[C@@](Cl)(N[C@@H](CO)c2ccccc2)c2ccc(Cl)cc21. The van der Waals surface area contributed by atoms with E-state index in [4.69, 9.17) is 23.2 Å². The topological polar surface area (TPSA) is 32.3 Å². The van der Waals surface area contributed by atoms with Crippen molar-refractivity contribution < 1.29 is 5.11 Å². The van der Waals surface area contributed by atoms with E-state index in [1.54, 1.807) is 0 Å². The molecule has 0 heterocycles. The highest BCUT2D eigenvalue weighted by Gasteiger charge is 2.47. The molecule has 122 valence electrons. The van der Waals surface area contributed by atoms with Gasteiger partial charge in [-0.3, -0.25) is 5.32 Å². The van der Waals surface area contributed by atoms with Crippen molar-refractivity contribution in [3.8, 4) is 0 Å². The van der Waals surface area contributed by atoms with Gasteiger partial charge in [0, 0.05) is 5.02 Å². The van der Waals surface area contributed by atoms with Crippen LogP contribution in [0.1, 0.15) is 43.0 Å². The number of nitrogens with one attached hydrogen (secondary N) is 1. The molecule has 0 saturated heterocycles. The molecule has 0 unspecified atom stereocenters. The quantitative estimate of drug-likeness (QED) is 0.617. The van der Waals surface area contributed by atoms with E-state index in [1.807, 2.05) is 48.5 Å². The third-order valence-corrected chi connectivity index (χ3v) is 5.29. The molecular formula is C19H21Cl2NO. The van der Waals surface area contributed by atoms with Crippen molar-refractivity contribution in [1.82, 2.24) is 5.32 Å². The summed E-state index contributed by atoms with van der Waals surface area (Å²) in [5.74, 6) is 0. The lowest BCUT2D eigenvalue weighted by Gasteiger charge is -2.31. The van der Waals surface area contributed by atoms with Crippen molar-refractivity contribution in [2.75, 3.05) is 6.61 Å². The van der Waals surface area contributed by atoms with Gasteiger partial charge in [-0.15, -0.1) is 0 Å². The normalized spacial score (nSPS) is 23.5. The number of halogens is 2. The third-order valence-electron chi connectivity index (χ3n) is 4.61. The number of hydrogen-bond acceptors (Lipinski definition) is 2. The van der Waals surface area contributed by atoms with Crippen molar-refractivity contribution in [3.63, 3.8) is 0 Å². The first-order chi connectivity index (χ1) is 10.9. The van der Waals surface area contributed by atoms with E-state index in [1.165, 1.54) is 0 Å². The Morgan fingerprint density at radius 2 is 1.83 bits per heavy atom. The number of benzene rings is 2. The molecular weight excluding hydrogens is 329 g/mol. The highest BCUT2D eigenvalue weighted by molar-refractivity contribution is 6.31. The Morgan fingerprint density at radius 1 is 1.13 bits per heavy atom. The van der Waals surface area contributed by atoms with Crippen LogP contribution in [-0.2, 0) is 10.4 Å². The minimum atomic E-state index is -0.716. The second kappa shape index (κ2) is 6.10. The van der Waals surface area contributed by atoms with E-state index in [-0.39, 0.29) is 18.1 Å². The van der Waals surface area contributed by atoms with Gasteiger partial charge in [0.2, 0.25) is 0 Å². The first kappa shape index (κ1) is 16.8. The number of alkyl halides is 1. The van der Waals surface area contributed by atoms with E-state index in [2.05, 4.69) is 19.2 Å². The van der Waals surface area contributed by atoms with E-state index < -0.39 is 5.00 Å². The number of fused-ring (bicyclic) bond motifs is 1. The smallest absolute Gasteiger partial charge is 0.121 e. The van der Waals surface area contributed by atoms with Gasteiger partial charge in [0.15, 0.2) is 0 Å². The van der Waals surface area contributed by atoms with Crippen molar-refractivity contribution in [2.45, 2.75) is 36.7 Å². The molecule has 3 rings (SSSR count). The van der Waals surface area contributed by atoms with Gasteiger partial charge in [0.25, 0.3) is 0 Å². The molecule has 2 nitrogen and oxygen atoms in total. The highest BCUT2D eigenvalue weighted by Crippen LogP contribution is 2.51. The maximum absolute atomic E-state index is 9.83. The first-order valence-electron chi connectivity index (χ1n) is 7.79. The number of aliphatic hydroxyl groups is 1. The summed E-state index contributed by atoms with van der Waals surface area (Å²) < 4.78 is 0. The lowest BCUT2D eigenvalue weighted by molar-refractivity contribution is 0.219. The summed E-state index contributed by atoms with van der Waals surface area (Å²) in [5, 5.41) is 14.0. The van der Waals surface area contributed by atoms with Crippen LogP contribution in [-0.4, -0.2) is 11.7 Å². The monoisotopic (exact) mass is 349 g/mol. The molecule has 0 radical (unpaired) electrons. The summed E-state index contributed by atoms with van der Waals surface area (Å²) >= 11 is 13.2. The summed E-state index contributed by atoms with van der Waals surface area (Å²) in [5.41, 5.74) is 3.15. The zero-order valence-electron chi connectivity index (χ0n) is 13.3. The van der Waals surface area contributed by atoms with Crippen molar-refractivity contribution in [2.24, 2.45) is 0 Å². The number of rotatable bonds is 4. The van der Waals surface area contributed by atoms with Gasteiger partial charge in [0.05, 0.1) is 12.6 Å². The third kappa shape index (κ3) is 3.14. The maximum atomic E-state index is 9.83. The van der Waals surface area contributed by atoms with Crippen molar-refractivity contribution in [1.29, 1.82) is 0 Å².